The fourth-order valence-electron chi connectivity index (χ4n) is 9.29. The molecule has 0 N–H and O–H groups in total. The lowest BCUT2D eigenvalue weighted by molar-refractivity contribution is -0.191. The van der Waals surface area contributed by atoms with E-state index < -0.39 is 63.0 Å². The summed E-state index contributed by atoms with van der Waals surface area (Å²) < 4.78 is 42.5. The number of rotatable bonds is 1. The first-order chi connectivity index (χ1) is 18.6. The molecule has 200 valence electrons. The molecule has 5 heteroatoms. The third-order valence-electron chi connectivity index (χ3n) is 11.5. The Bertz CT molecular complexity index is 1370. The van der Waals surface area contributed by atoms with Crippen molar-refractivity contribution in [3.8, 4) is 6.07 Å². The average molecular weight is 510 g/mol. The Morgan fingerprint density at radius 1 is 1.08 bits per heavy atom. The largest absolute Gasteiger partial charge is 0.469 e. The molecule has 5 nitrogen and oxygen atoms in total. The van der Waals surface area contributed by atoms with E-state index in [1.165, 1.54) is 7.11 Å². The lowest BCUT2D eigenvalue weighted by Crippen LogP contribution is -2.65. The Balaban J connectivity index is 1.80. The van der Waals surface area contributed by atoms with Gasteiger partial charge in [0.15, 0.2) is 11.6 Å². The zero-order valence-electron chi connectivity index (χ0n) is 27.5. The Hall–Kier alpha value is -2.22. The molecule has 0 aliphatic heterocycles. The molecule has 3 saturated carbocycles. The topological polar surface area (TPSA) is 84.2 Å². The first-order valence-corrected chi connectivity index (χ1v) is 13.6. The molecule has 0 unspecified atom stereocenters. The van der Waals surface area contributed by atoms with Crippen molar-refractivity contribution >= 4 is 17.5 Å². The zero-order chi connectivity index (χ0) is 31.0. The minimum absolute atomic E-state index is 0.0689. The van der Waals surface area contributed by atoms with Crippen molar-refractivity contribution in [1.29, 1.82) is 5.26 Å². The fraction of sp³-hybridized carbons (Fsp3) is 0.750. The number of hydrogen-bond acceptors (Lipinski definition) is 5. The molecule has 3 fully saturated rings. The van der Waals surface area contributed by atoms with Gasteiger partial charge in [-0.1, -0.05) is 60.1 Å². The van der Waals surface area contributed by atoms with Crippen molar-refractivity contribution in [2.75, 3.05) is 7.11 Å². The van der Waals surface area contributed by atoms with Gasteiger partial charge in [-0.25, -0.2) is 0 Å². The quantitative estimate of drug-likeness (QED) is 0.383. The molecule has 0 aromatic heterocycles. The number of allylic oxidation sites excluding steroid dienone is 4. The lowest BCUT2D eigenvalue weighted by atomic mass is 9.34. The molecule has 5 aliphatic carbocycles. The van der Waals surface area contributed by atoms with Crippen molar-refractivity contribution in [2.24, 2.45) is 50.2 Å². The van der Waals surface area contributed by atoms with Crippen molar-refractivity contribution in [2.45, 2.75) is 93.3 Å². The number of carbonyl (C=O) groups is 3. The second kappa shape index (κ2) is 7.67. The van der Waals surface area contributed by atoms with Crippen LogP contribution in [0.2, 0.25) is 0 Å². The number of fused-ring (bicyclic) bond motifs is 7. The summed E-state index contributed by atoms with van der Waals surface area (Å²) in [5, 5.41) is 9.89. The van der Waals surface area contributed by atoms with Crippen LogP contribution in [0.4, 0.5) is 0 Å². The summed E-state index contributed by atoms with van der Waals surface area (Å²) in [5.41, 5.74) is -4.95. The standard InChI is InChI=1S/C32H43NO4/c1-27(2)11-13-32(26(36)37-8)14-12-31(7)24(20(32)17-27)21(34)15-23-29(5)16-19(18-33)25(35)28(3,4)22(29)9-10-30(23,31)6/h15-16,20,22,24H,9-14,17H2,1-8H3/t20-,22-,24-,29-,30+,31+,32-/m0/s1/i13D2,17D2. The van der Waals surface area contributed by atoms with E-state index in [2.05, 4.69) is 13.0 Å². The Kier molecular flexibility index (Phi) is 4.50. The van der Waals surface area contributed by atoms with Crippen molar-refractivity contribution < 1.29 is 24.6 Å². The SMILES string of the molecule is [2H]C1([2H])[C@H]2[C@H]3C(=O)C=C4[C@@]5(C)C=C(C#N)C(=O)C(C)(C)[C@@H]5CC[C@@]4(C)[C@]3(C)CC[C@@]2(C(=O)OC)C([2H])([2H])CC1(C)C. The first kappa shape index (κ1) is 21.7. The molecule has 0 heterocycles. The average Bonchev–Trinajstić information content (AvgIpc) is 2.85. The van der Waals surface area contributed by atoms with Gasteiger partial charge in [-0.15, -0.1) is 0 Å². The summed E-state index contributed by atoms with van der Waals surface area (Å²) in [7, 11) is 1.21. The summed E-state index contributed by atoms with van der Waals surface area (Å²) in [5.74, 6) is -3.59. The minimum atomic E-state index is -2.09. The van der Waals surface area contributed by atoms with Gasteiger partial charge in [0, 0.05) is 22.2 Å². The molecule has 37 heavy (non-hydrogen) atoms. The molecule has 0 amide bonds. The second-order valence-corrected chi connectivity index (χ2v) is 14.1. The molecule has 0 bridgehead atoms. The molecule has 0 aromatic carbocycles. The van der Waals surface area contributed by atoms with Gasteiger partial charge in [-0.05, 0) is 79.0 Å². The normalized spacial score (nSPS) is 50.0. The molecule has 0 aromatic rings. The van der Waals surface area contributed by atoms with Crippen LogP contribution in [0.5, 0.6) is 0 Å². The number of ketones is 2. The van der Waals surface area contributed by atoms with E-state index in [-0.39, 0.29) is 35.9 Å². The summed E-state index contributed by atoms with van der Waals surface area (Å²) in [6, 6.07) is 2.10. The number of esters is 1. The van der Waals surface area contributed by atoms with Crippen LogP contribution in [-0.4, -0.2) is 24.6 Å². The van der Waals surface area contributed by atoms with Gasteiger partial charge in [0.1, 0.15) is 6.07 Å². The minimum Gasteiger partial charge on any atom is -0.469 e. The Labute approximate surface area is 227 Å². The van der Waals surface area contributed by atoms with Gasteiger partial charge in [0.2, 0.25) is 0 Å². The van der Waals surface area contributed by atoms with Crippen LogP contribution >= 0.6 is 0 Å². The van der Waals surface area contributed by atoms with E-state index in [0.717, 1.165) is 5.57 Å². The molecule has 5 aliphatic rings. The number of ether oxygens (including phenoxy) is 1. The molecule has 0 radical (unpaired) electrons. The number of nitriles is 1. The van der Waals surface area contributed by atoms with Gasteiger partial charge in [-0.3, -0.25) is 14.4 Å². The highest BCUT2D eigenvalue weighted by molar-refractivity contribution is 6.04. The van der Waals surface area contributed by atoms with Crippen molar-refractivity contribution in [3.63, 3.8) is 0 Å². The van der Waals surface area contributed by atoms with Crippen LogP contribution < -0.4 is 0 Å². The molecular weight excluding hydrogens is 462 g/mol. The van der Waals surface area contributed by atoms with Gasteiger partial charge in [0.05, 0.1) is 18.1 Å². The fourth-order valence-corrected chi connectivity index (χ4v) is 9.29. The molecule has 0 saturated heterocycles. The molecule has 7 atom stereocenters. The van der Waals surface area contributed by atoms with Crippen LogP contribution in [-0.2, 0) is 19.1 Å². The van der Waals surface area contributed by atoms with Gasteiger partial charge >= 0.3 is 5.97 Å². The number of Topliss-reactive ketones (excluding diaryl/α,β-unsaturated/α-hetero) is 1. The second-order valence-electron chi connectivity index (χ2n) is 14.1. The molecule has 5 rings (SSSR count). The van der Waals surface area contributed by atoms with Crippen LogP contribution in [0.25, 0.3) is 0 Å². The van der Waals surface area contributed by atoms with Crippen LogP contribution in [0.15, 0.2) is 23.3 Å². The highest BCUT2D eigenvalue weighted by Gasteiger charge is 2.71. The lowest BCUT2D eigenvalue weighted by Gasteiger charge is -2.68. The van der Waals surface area contributed by atoms with E-state index in [1.54, 1.807) is 26.0 Å². The summed E-state index contributed by atoms with van der Waals surface area (Å²) >= 11 is 0. The predicted octanol–water partition coefficient (Wildman–Crippen LogP) is 6.38. The van der Waals surface area contributed by atoms with Crippen molar-refractivity contribution in [1.82, 2.24) is 0 Å². The highest BCUT2D eigenvalue weighted by atomic mass is 16.5. The maximum absolute atomic E-state index is 14.6. The number of hydrogen-bond donors (Lipinski definition) is 0. The maximum atomic E-state index is 14.6. The van der Waals surface area contributed by atoms with Gasteiger partial charge in [0.25, 0.3) is 0 Å². The van der Waals surface area contributed by atoms with Crippen molar-refractivity contribution in [3.05, 3.63) is 23.3 Å². The smallest absolute Gasteiger partial charge is 0.312 e. The predicted molar refractivity (Wildman–Crippen MR) is 141 cm³/mol. The monoisotopic (exact) mass is 509 g/mol. The first-order valence-electron chi connectivity index (χ1n) is 15.6. The van der Waals surface area contributed by atoms with Crippen LogP contribution in [0, 0.1) is 61.6 Å². The summed E-state index contributed by atoms with van der Waals surface area (Å²) in [6.45, 7) is 13.3. The van der Waals surface area contributed by atoms with E-state index in [4.69, 9.17) is 4.74 Å². The molecular formula is C32H43NO4. The molecule has 0 spiro atoms. The van der Waals surface area contributed by atoms with Gasteiger partial charge in [-0.2, -0.15) is 5.26 Å². The van der Waals surface area contributed by atoms with E-state index in [9.17, 15) is 25.1 Å². The third-order valence-corrected chi connectivity index (χ3v) is 11.5. The number of methoxy groups -OCH3 is 1. The zero-order valence-corrected chi connectivity index (χ0v) is 23.5. The number of nitrogens with zero attached hydrogens (tertiary/aromatic N) is 1. The Morgan fingerprint density at radius 3 is 2.38 bits per heavy atom. The van der Waals surface area contributed by atoms with E-state index in [0.29, 0.717) is 19.3 Å². The number of carbonyl (C=O) groups excluding carboxylic acids is 3. The van der Waals surface area contributed by atoms with Crippen LogP contribution in [0.1, 0.15) is 98.8 Å². The summed E-state index contributed by atoms with van der Waals surface area (Å²) in [6.07, 6.45) is 0.823. The van der Waals surface area contributed by atoms with Gasteiger partial charge < -0.3 is 4.74 Å². The van der Waals surface area contributed by atoms with E-state index in [1.807, 2.05) is 27.7 Å². The van der Waals surface area contributed by atoms with E-state index >= 15 is 0 Å². The Morgan fingerprint density at radius 2 is 1.76 bits per heavy atom. The summed E-state index contributed by atoms with van der Waals surface area (Å²) in [4.78, 5) is 41.5. The van der Waals surface area contributed by atoms with Crippen LogP contribution in [0.3, 0.4) is 0 Å². The maximum Gasteiger partial charge on any atom is 0.312 e. The highest BCUT2D eigenvalue weighted by Crippen LogP contribution is 2.74. The third kappa shape index (κ3) is 3.11.